The number of amides is 2. The van der Waals surface area contributed by atoms with E-state index >= 15 is 0 Å². The van der Waals surface area contributed by atoms with Crippen LogP contribution >= 0.6 is 0 Å². The Hall–Kier alpha value is -3.76. The van der Waals surface area contributed by atoms with Gasteiger partial charge in [-0.05, 0) is 22.6 Å². The van der Waals surface area contributed by atoms with Crippen molar-refractivity contribution in [2.75, 3.05) is 0 Å². The molecule has 2 aromatic rings. The monoisotopic (exact) mass is 380 g/mol. The third-order valence-corrected chi connectivity index (χ3v) is 3.92. The molecule has 10 heteroatoms. The number of hydrogen-bond donors (Lipinski definition) is 4. The summed E-state index contributed by atoms with van der Waals surface area (Å²) >= 11 is 0. The summed E-state index contributed by atoms with van der Waals surface area (Å²) in [4.78, 5) is 32.9. The zero-order valence-electron chi connectivity index (χ0n) is 14.4. The summed E-state index contributed by atoms with van der Waals surface area (Å²) < 4.78 is 0. The number of primary amides is 2. The van der Waals surface area contributed by atoms with E-state index in [4.69, 9.17) is 21.5 Å². The maximum Gasteiger partial charge on any atom is 0.482 e. The maximum absolute atomic E-state index is 11.4. The van der Waals surface area contributed by atoms with Crippen LogP contribution in [0.5, 0.6) is 0 Å². The van der Waals surface area contributed by atoms with Crippen molar-refractivity contribution in [3.8, 4) is 11.1 Å². The van der Waals surface area contributed by atoms with Gasteiger partial charge in [0.15, 0.2) is 0 Å². The van der Waals surface area contributed by atoms with E-state index in [1.807, 2.05) is 0 Å². The van der Waals surface area contributed by atoms with Crippen molar-refractivity contribution in [2.45, 2.75) is 0 Å². The predicted octanol–water partition coefficient (Wildman–Crippen LogP) is 1.12. The van der Waals surface area contributed by atoms with Crippen LogP contribution < -0.4 is 11.5 Å². The molecule has 2 amide bonds. The molecule has 2 aliphatic rings. The molecule has 0 saturated carbocycles. The molecular formula is C18H15BN3O6. The lowest BCUT2D eigenvalue weighted by Crippen LogP contribution is -2.16. The van der Waals surface area contributed by atoms with E-state index in [0.717, 1.165) is 6.07 Å². The average Bonchev–Trinajstić information content (AvgIpc) is 2.64. The highest BCUT2D eigenvalue weighted by Crippen LogP contribution is 2.29. The highest BCUT2D eigenvalue weighted by molar-refractivity contribution is 6.15. The second-order valence-corrected chi connectivity index (χ2v) is 5.58. The maximum atomic E-state index is 11.4. The van der Waals surface area contributed by atoms with E-state index in [-0.39, 0.29) is 29.9 Å². The van der Waals surface area contributed by atoms with Crippen LogP contribution in [-0.4, -0.2) is 34.5 Å². The molecule has 0 bridgehead atoms. The largest absolute Gasteiger partial charge is 0.482 e. The first kappa shape index (κ1) is 20.6. The van der Waals surface area contributed by atoms with Gasteiger partial charge in [-0.3, -0.25) is 19.7 Å². The number of carbonyl (C=O) groups excluding carboxylic acids is 2. The number of carbonyl (C=O) groups is 2. The van der Waals surface area contributed by atoms with Crippen LogP contribution in [0.25, 0.3) is 21.9 Å². The first-order chi connectivity index (χ1) is 13.3. The Balaban J connectivity index is 0.000000253. The number of nitrogens with two attached hydrogens (primary N) is 2. The Bertz CT molecular complexity index is 1030. The summed E-state index contributed by atoms with van der Waals surface area (Å²) in [5, 5.41) is 25.4. The van der Waals surface area contributed by atoms with Crippen molar-refractivity contribution >= 4 is 36.0 Å². The summed E-state index contributed by atoms with van der Waals surface area (Å²) in [6, 6.07) is 15.3. The number of nitrogens with zero attached hydrogens (tertiary/aromatic N) is 1. The van der Waals surface area contributed by atoms with Crippen molar-refractivity contribution in [1.29, 1.82) is 0 Å². The van der Waals surface area contributed by atoms with E-state index < -0.39 is 16.7 Å². The molecule has 6 N–H and O–H groups in total. The minimum absolute atomic E-state index is 0. The number of hydrogen-bond acceptors (Lipinski definition) is 6. The molecule has 0 aliphatic heterocycles. The number of non-ortho nitro benzene ring substituents is 1. The second-order valence-electron chi connectivity index (χ2n) is 5.58. The molecular weight excluding hydrogens is 365 g/mol. The molecule has 9 nitrogen and oxygen atoms in total. The van der Waals surface area contributed by atoms with Gasteiger partial charge in [-0.2, -0.15) is 0 Å². The summed E-state index contributed by atoms with van der Waals surface area (Å²) in [6.07, 6.45) is 0. The van der Waals surface area contributed by atoms with Crippen LogP contribution in [-0.2, 0) is 0 Å². The van der Waals surface area contributed by atoms with Gasteiger partial charge in [0.2, 0.25) is 11.8 Å². The number of nitro groups is 1. The normalized spacial score (nSPS) is 9.93. The smallest absolute Gasteiger partial charge is 0.429 e. The quantitative estimate of drug-likeness (QED) is 0.236. The van der Waals surface area contributed by atoms with E-state index in [1.54, 1.807) is 6.07 Å². The molecule has 2 aromatic carbocycles. The van der Waals surface area contributed by atoms with Crippen LogP contribution in [0, 0.1) is 10.1 Å². The molecule has 141 valence electrons. The highest BCUT2D eigenvalue weighted by atomic mass is 16.6. The summed E-state index contributed by atoms with van der Waals surface area (Å²) in [6.45, 7) is 0. The van der Waals surface area contributed by atoms with E-state index in [1.165, 1.54) is 29.3 Å². The van der Waals surface area contributed by atoms with Crippen LogP contribution in [0.3, 0.4) is 0 Å². The fourth-order valence-corrected chi connectivity index (χ4v) is 2.58. The van der Waals surface area contributed by atoms with Crippen LogP contribution in [0.2, 0.25) is 0 Å². The SMILES string of the molecule is NC(=O)c1cccc2cc([N+](=O)[O-])cc(C(N)=O)c12.O[B]O.c1cc2ccc1-2. The number of benzene rings is 3. The molecule has 4 rings (SSSR count). The lowest BCUT2D eigenvalue weighted by atomic mass is 9.95. The van der Waals surface area contributed by atoms with Gasteiger partial charge in [0.25, 0.3) is 5.69 Å². The van der Waals surface area contributed by atoms with E-state index in [0.29, 0.717) is 5.39 Å². The average molecular weight is 380 g/mol. The fraction of sp³-hybridized carbons (Fsp3) is 0. The van der Waals surface area contributed by atoms with Crippen molar-refractivity contribution in [1.82, 2.24) is 0 Å². The third-order valence-electron chi connectivity index (χ3n) is 3.92. The Morgan fingerprint density at radius 2 is 1.39 bits per heavy atom. The van der Waals surface area contributed by atoms with Gasteiger partial charge in [0, 0.05) is 23.1 Å². The van der Waals surface area contributed by atoms with Gasteiger partial charge in [-0.1, -0.05) is 36.4 Å². The zero-order chi connectivity index (χ0) is 20.8. The Kier molecular flexibility index (Phi) is 6.43. The number of fused-ring (bicyclic) bond motifs is 2. The van der Waals surface area contributed by atoms with Gasteiger partial charge in [0.1, 0.15) is 0 Å². The third kappa shape index (κ3) is 4.31. The minimum Gasteiger partial charge on any atom is -0.429 e. The molecule has 1 radical (unpaired) electrons. The van der Waals surface area contributed by atoms with Gasteiger partial charge in [0.05, 0.1) is 10.5 Å². The van der Waals surface area contributed by atoms with Crippen molar-refractivity contribution in [3.05, 3.63) is 75.8 Å². The second kappa shape index (κ2) is 8.76. The van der Waals surface area contributed by atoms with Crippen molar-refractivity contribution in [3.63, 3.8) is 0 Å². The molecule has 0 fully saturated rings. The molecule has 0 spiro atoms. The highest BCUT2D eigenvalue weighted by Gasteiger charge is 2.18. The van der Waals surface area contributed by atoms with Crippen LogP contribution in [0.4, 0.5) is 5.69 Å². The van der Waals surface area contributed by atoms with Gasteiger partial charge in [-0.25, -0.2) is 0 Å². The molecule has 0 unspecified atom stereocenters. The minimum atomic E-state index is -0.859. The summed E-state index contributed by atoms with van der Waals surface area (Å²) in [7, 11) is 0. The fourth-order valence-electron chi connectivity index (χ4n) is 2.58. The molecule has 0 atom stereocenters. The molecule has 2 aliphatic carbocycles. The molecule has 0 heterocycles. The molecule has 0 saturated heterocycles. The van der Waals surface area contributed by atoms with Crippen molar-refractivity contribution < 1.29 is 24.6 Å². The first-order valence-electron chi connectivity index (χ1n) is 7.81. The van der Waals surface area contributed by atoms with Gasteiger partial charge in [-0.15, -0.1) is 0 Å². The van der Waals surface area contributed by atoms with E-state index in [2.05, 4.69) is 24.3 Å². The van der Waals surface area contributed by atoms with Crippen LogP contribution in [0.1, 0.15) is 20.7 Å². The van der Waals surface area contributed by atoms with Gasteiger partial charge < -0.3 is 21.5 Å². The first-order valence-corrected chi connectivity index (χ1v) is 7.81. The number of nitro benzene ring substituents is 1. The predicted molar refractivity (Wildman–Crippen MR) is 103 cm³/mol. The Morgan fingerprint density at radius 1 is 0.893 bits per heavy atom. The lowest BCUT2D eigenvalue weighted by molar-refractivity contribution is -0.384. The Labute approximate surface area is 159 Å². The summed E-state index contributed by atoms with van der Waals surface area (Å²) in [5.41, 5.74) is 13.0. The van der Waals surface area contributed by atoms with Crippen LogP contribution in [0.15, 0.2) is 54.6 Å². The topological polar surface area (TPSA) is 170 Å². The molecule has 0 aromatic heterocycles. The molecule has 28 heavy (non-hydrogen) atoms. The Morgan fingerprint density at radius 3 is 1.75 bits per heavy atom. The van der Waals surface area contributed by atoms with Crippen molar-refractivity contribution in [2.24, 2.45) is 11.5 Å². The lowest BCUT2D eigenvalue weighted by Gasteiger charge is -2.10. The summed E-state index contributed by atoms with van der Waals surface area (Å²) in [5.74, 6) is -1.59. The standard InChI is InChI=1S/C12H9N3O4.C6H4.BH2O2/c13-11(16)8-3-1-2-6-4-7(15(18)19)5-9(10(6)8)12(14)17;1-2-6-4-3-5(1)6;2-1-3/h1-5H,(H2,13,16)(H2,14,17);1-4H;2-3H. The van der Waals surface area contributed by atoms with E-state index in [9.17, 15) is 19.7 Å². The zero-order valence-corrected chi connectivity index (χ0v) is 14.4. The number of rotatable bonds is 3. The van der Waals surface area contributed by atoms with Gasteiger partial charge >= 0.3 is 7.69 Å².